The number of ether oxygens (including phenoxy) is 2. The first-order chi connectivity index (χ1) is 9.51. The SMILES string of the molecule is C#CCOC(=O)C(c1ccc(OCC)c(F)c1)C(C)C. The van der Waals surface area contributed by atoms with Gasteiger partial charge in [-0.2, -0.15) is 0 Å². The molecule has 108 valence electrons. The zero-order valence-corrected chi connectivity index (χ0v) is 12.0. The molecular formula is C16H19FO3. The Balaban J connectivity index is 3.01. The van der Waals surface area contributed by atoms with Crippen molar-refractivity contribution in [3.63, 3.8) is 0 Å². The predicted octanol–water partition coefficient (Wildman–Crippen LogP) is 3.14. The summed E-state index contributed by atoms with van der Waals surface area (Å²) in [6, 6.07) is 4.51. The van der Waals surface area contributed by atoms with E-state index in [2.05, 4.69) is 5.92 Å². The maximum atomic E-state index is 13.9. The molecule has 0 spiro atoms. The number of terminal acetylenes is 1. The highest BCUT2D eigenvalue weighted by Gasteiger charge is 2.26. The van der Waals surface area contributed by atoms with Gasteiger partial charge in [-0.3, -0.25) is 4.79 Å². The number of carbonyl (C=O) groups excluding carboxylic acids is 1. The van der Waals surface area contributed by atoms with Crippen molar-refractivity contribution in [1.29, 1.82) is 0 Å². The van der Waals surface area contributed by atoms with Crippen molar-refractivity contribution in [3.05, 3.63) is 29.6 Å². The second-order valence-electron chi connectivity index (χ2n) is 4.66. The molecule has 0 saturated carbocycles. The van der Waals surface area contributed by atoms with Crippen molar-refractivity contribution in [2.45, 2.75) is 26.7 Å². The summed E-state index contributed by atoms with van der Waals surface area (Å²) < 4.78 is 24.0. The summed E-state index contributed by atoms with van der Waals surface area (Å²) in [5.41, 5.74) is 0.558. The van der Waals surface area contributed by atoms with Crippen LogP contribution in [0.3, 0.4) is 0 Å². The summed E-state index contributed by atoms with van der Waals surface area (Å²) in [6.45, 7) is 5.82. The lowest BCUT2D eigenvalue weighted by atomic mass is 9.88. The molecule has 0 aromatic heterocycles. The van der Waals surface area contributed by atoms with Crippen molar-refractivity contribution in [2.75, 3.05) is 13.2 Å². The molecule has 0 fully saturated rings. The van der Waals surface area contributed by atoms with Crippen LogP contribution >= 0.6 is 0 Å². The quantitative estimate of drug-likeness (QED) is 0.592. The van der Waals surface area contributed by atoms with Gasteiger partial charge in [0.2, 0.25) is 0 Å². The van der Waals surface area contributed by atoms with Gasteiger partial charge in [0, 0.05) is 0 Å². The number of hydrogen-bond donors (Lipinski definition) is 0. The molecule has 0 N–H and O–H groups in total. The summed E-state index contributed by atoms with van der Waals surface area (Å²) in [7, 11) is 0. The first-order valence-electron chi connectivity index (χ1n) is 6.53. The Morgan fingerprint density at radius 2 is 2.15 bits per heavy atom. The van der Waals surface area contributed by atoms with Gasteiger partial charge in [0.05, 0.1) is 12.5 Å². The van der Waals surface area contributed by atoms with Gasteiger partial charge in [-0.15, -0.1) is 6.42 Å². The molecule has 4 heteroatoms. The zero-order chi connectivity index (χ0) is 15.1. The number of rotatable bonds is 6. The Bertz CT molecular complexity index is 503. The summed E-state index contributed by atoms with van der Waals surface area (Å²) >= 11 is 0. The molecule has 0 bridgehead atoms. The summed E-state index contributed by atoms with van der Waals surface area (Å²) in [5.74, 6) is 0.914. The predicted molar refractivity (Wildman–Crippen MR) is 74.9 cm³/mol. The fraction of sp³-hybridized carbons (Fsp3) is 0.438. The summed E-state index contributed by atoms with van der Waals surface area (Å²) in [4.78, 5) is 12.0. The van der Waals surface area contributed by atoms with Crippen molar-refractivity contribution < 1.29 is 18.7 Å². The minimum Gasteiger partial charge on any atom is -0.491 e. The average molecular weight is 278 g/mol. The highest BCUT2D eigenvalue weighted by molar-refractivity contribution is 5.78. The fourth-order valence-electron chi connectivity index (χ4n) is 1.98. The topological polar surface area (TPSA) is 35.5 Å². The molecule has 0 radical (unpaired) electrons. The van der Waals surface area contributed by atoms with Gasteiger partial charge in [-0.05, 0) is 30.5 Å². The van der Waals surface area contributed by atoms with Gasteiger partial charge < -0.3 is 9.47 Å². The number of benzene rings is 1. The Hall–Kier alpha value is -2.02. The van der Waals surface area contributed by atoms with E-state index in [9.17, 15) is 9.18 Å². The van der Waals surface area contributed by atoms with E-state index in [4.69, 9.17) is 15.9 Å². The van der Waals surface area contributed by atoms with Gasteiger partial charge in [-0.1, -0.05) is 25.8 Å². The van der Waals surface area contributed by atoms with Crippen LogP contribution in [0.4, 0.5) is 4.39 Å². The van der Waals surface area contributed by atoms with Crippen LogP contribution in [-0.4, -0.2) is 19.2 Å². The molecule has 1 atom stereocenters. The Morgan fingerprint density at radius 3 is 2.65 bits per heavy atom. The average Bonchev–Trinajstić information content (AvgIpc) is 2.39. The molecule has 0 aliphatic heterocycles. The van der Waals surface area contributed by atoms with Gasteiger partial charge in [0.25, 0.3) is 0 Å². The maximum absolute atomic E-state index is 13.9. The standard InChI is InChI=1S/C16H19FO3/c1-5-9-20-16(18)15(11(3)4)12-7-8-14(19-6-2)13(17)10-12/h1,7-8,10-11,15H,6,9H2,2-4H3. The Labute approximate surface area is 119 Å². The lowest BCUT2D eigenvalue weighted by Gasteiger charge is -2.19. The lowest BCUT2D eigenvalue weighted by molar-refractivity contribution is -0.145. The maximum Gasteiger partial charge on any atom is 0.314 e. The number of esters is 1. The van der Waals surface area contributed by atoms with E-state index in [1.165, 1.54) is 12.1 Å². The van der Waals surface area contributed by atoms with Crippen LogP contribution in [0.1, 0.15) is 32.3 Å². The number of hydrogen-bond acceptors (Lipinski definition) is 3. The highest BCUT2D eigenvalue weighted by Crippen LogP contribution is 2.29. The Kier molecular flexibility index (Phi) is 6.05. The highest BCUT2D eigenvalue weighted by atomic mass is 19.1. The molecule has 0 heterocycles. The first kappa shape index (κ1) is 16.0. The smallest absolute Gasteiger partial charge is 0.314 e. The number of halogens is 1. The van der Waals surface area contributed by atoms with E-state index in [1.54, 1.807) is 13.0 Å². The van der Waals surface area contributed by atoms with Gasteiger partial charge in [-0.25, -0.2) is 4.39 Å². The van der Waals surface area contributed by atoms with Gasteiger partial charge >= 0.3 is 5.97 Å². The molecule has 20 heavy (non-hydrogen) atoms. The monoisotopic (exact) mass is 278 g/mol. The molecule has 1 unspecified atom stereocenters. The van der Waals surface area contributed by atoms with E-state index >= 15 is 0 Å². The zero-order valence-electron chi connectivity index (χ0n) is 12.0. The Morgan fingerprint density at radius 1 is 1.45 bits per heavy atom. The van der Waals surface area contributed by atoms with Crippen LogP contribution < -0.4 is 4.74 Å². The normalized spacial score (nSPS) is 11.8. The molecule has 1 rings (SSSR count). The minimum absolute atomic E-state index is 0.0300. The third-order valence-corrected chi connectivity index (χ3v) is 2.83. The molecular weight excluding hydrogens is 259 g/mol. The molecule has 3 nitrogen and oxygen atoms in total. The molecule has 1 aromatic rings. The summed E-state index contributed by atoms with van der Waals surface area (Å²) in [5, 5.41) is 0. The molecule has 0 amide bonds. The van der Waals surface area contributed by atoms with Crippen molar-refractivity contribution in [3.8, 4) is 18.1 Å². The van der Waals surface area contributed by atoms with Crippen molar-refractivity contribution in [1.82, 2.24) is 0 Å². The largest absolute Gasteiger partial charge is 0.491 e. The van der Waals surface area contributed by atoms with Gasteiger partial charge in [0.1, 0.15) is 0 Å². The summed E-state index contributed by atoms with van der Waals surface area (Å²) in [6.07, 6.45) is 5.07. The third-order valence-electron chi connectivity index (χ3n) is 2.83. The van der Waals surface area contributed by atoms with Crippen LogP contribution in [0.15, 0.2) is 18.2 Å². The van der Waals surface area contributed by atoms with Gasteiger partial charge in [0.15, 0.2) is 18.2 Å². The van der Waals surface area contributed by atoms with Crippen LogP contribution in [0.2, 0.25) is 0 Å². The lowest BCUT2D eigenvalue weighted by Crippen LogP contribution is -2.21. The van der Waals surface area contributed by atoms with E-state index in [0.29, 0.717) is 12.2 Å². The van der Waals surface area contributed by atoms with Crippen LogP contribution in [0.25, 0.3) is 0 Å². The van der Waals surface area contributed by atoms with Crippen LogP contribution in [-0.2, 0) is 9.53 Å². The van der Waals surface area contributed by atoms with Crippen molar-refractivity contribution >= 4 is 5.97 Å². The third kappa shape index (κ3) is 3.99. The second-order valence-corrected chi connectivity index (χ2v) is 4.66. The van der Waals surface area contributed by atoms with E-state index < -0.39 is 17.7 Å². The van der Waals surface area contributed by atoms with E-state index in [1.807, 2.05) is 13.8 Å². The molecule has 0 aliphatic rings. The first-order valence-corrected chi connectivity index (χ1v) is 6.53. The van der Waals surface area contributed by atoms with Crippen LogP contribution in [0.5, 0.6) is 5.75 Å². The van der Waals surface area contributed by atoms with E-state index in [-0.39, 0.29) is 18.3 Å². The van der Waals surface area contributed by atoms with E-state index in [0.717, 1.165) is 0 Å². The molecule has 0 saturated heterocycles. The van der Waals surface area contributed by atoms with Crippen molar-refractivity contribution in [2.24, 2.45) is 5.92 Å². The van der Waals surface area contributed by atoms with Crippen LogP contribution in [0, 0.1) is 24.1 Å². The second kappa shape index (κ2) is 7.54. The molecule has 1 aromatic carbocycles. The molecule has 0 aliphatic carbocycles. The fourth-order valence-corrected chi connectivity index (χ4v) is 1.98. The minimum atomic E-state index is -0.548. The number of carbonyl (C=O) groups is 1.